The number of rotatable bonds is 7. The van der Waals surface area contributed by atoms with E-state index in [4.69, 9.17) is 4.74 Å². The number of benzene rings is 1. The summed E-state index contributed by atoms with van der Waals surface area (Å²) >= 11 is 1.05. The van der Waals surface area contributed by atoms with Crippen LogP contribution in [0.1, 0.15) is 5.56 Å². The number of nitrogens with zero attached hydrogens (tertiary/aromatic N) is 2. The van der Waals surface area contributed by atoms with Crippen LogP contribution >= 0.6 is 59.7 Å². The maximum Gasteiger partial charge on any atom is 0.286 e. The number of likely N-dealkylation sites (N-methyl/N-ethyl adjacent to an activating group) is 1. The fraction of sp³-hybridized carbons (Fsp3) is 0.278. The van der Waals surface area contributed by atoms with E-state index in [1.807, 2.05) is 54.4 Å². The number of carbonyl (C=O) groups is 2. The predicted octanol–water partition coefficient (Wildman–Crippen LogP) is 2.90. The number of carbonyl (C=O) groups excluding carboxylic acids is 2. The van der Waals surface area contributed by atoms with Gasteiger partial charge in [0, 0.05) is 13.2 Å². The first-order valence-electron chi connectivity index (χ1n) is 7.97. The number of hydrogen-bond acceptors (Lipinski definition) is 6. The van der Waals surface area contributed by atoms with Crippen LogP contribution in [0.15, 0.2) is 48.7 Å². The van der Waals surface area contributed by atoms with Crippen molar-refractivity contribution in [1.29, 1.82) is 0 Å². The lowest BCUT2D eigenvalue weighted by Crippen LogP contribution is -2.25. The lowest BCUT2D eigenvalue weighted by Gasteiger charge is -2.18. The molecule has 3 rings (SSSR count). The molecule has 28 heavy (non-hydrogen) atoms. The summed E-state index contributed by atoms with van der Waals surface area (Å²) in [5.74, 6) is 1.47. The zero-order valence-electron chi connectivity index (χ0n) is 15.2. The molecule has 0 radical (unpaired) electrons. The molecular weight excluding hydrogens is 608 g/mol. The van der Waals surface area contributed by atoms with Crippen LogP contribution < -0.4 is 15.0 Å². The second kappa shape index (κ2) is 13.2. The molecule has 10 heteroatoms. The Hall–Kier alpha value is -1.12. The number of imide groups is 1. The van der Waals surface area contributed by atoms with E-state index >= 15 is 0 Å². The molecule has 7 nitrogen and oxygen atoms in total. The molecule has 0 spiro atoms. The molecule has 2 heterocycles. The van der Waals surface area contributed by atoms with E-state index < -0.39 is 0 Å². The summed E-state index contributed by atoms with van der Waals surface area (Å²) in [6.07, 6.45) is 2.30. The molecule has 1 atom stereocenters. The summed E-state index contributed by atoms with van der Waals surface area (Å²) < 4.78 is 5.75. The highest BCUT2D eigenvalue weighted by Gasteiger charge is 2.31. The number of aromatic nitrogens is 1. The van der Waals surface area contributed by atoms with Gasteiger partial charge in [0.05, 0.1) is 11.8 Å². The van der Waals surface area contributed by atoms with E-state index in [1.165, 1.54) is 0 Å². The molecule has 1 unspecified atom stereocenters. The summed E-state index contributed by atoms with van der Waals surface area (Å²) in [7, 11) is 1.97. The van der Waals surface area contributed by atoms with Crippen LogP contribution in [0.3, 0.4) is 0 Å². The molecule has 1 aromatic carbocycles. The third kappa shape index (κ3) is 7.72. The van der Waals surface area contributed by atoms with Crippen molar-refractivity contribution in [3.8, 4) is 5.75 Å². The monoisotopic (exact) mass is 631 g/mol. The van der Waals surface area contributed by atoms with Gasteiger partial charge in [0.15, 0.2) is 0 Å². The Kier molecular flexibility index (Phi) is 12.6. The number of thioether (sulfide) groups is 1. The van der Waals surface area contributed by atoms with Crippen molar-refractivity contribution in [3.05, 3.63) is 54.2 Å². The molecule has 1 aliphatic heterocycles. The fourth-order valence-corrected chi connectivity index (χ4v) is 3.32. The van der Waals surface area contributed by atoms with E-state index in [-0.39, 0.29) is 69.8 Å². The third-order valence-electron chi connectivity index (χ3n) is 3.85. The Morgan fingerprint density at radius 3 is 2.43 bits per heavy atom. The minimum atomic E-state index is -0.341. The quantitative estimate of drug-likeness (QED) is 0.472. The van der Waals surface area contributed by atoms with Gasteiger partial charge in [0.25, 0.3) is 5.24 Å². The standard InChI is InChI=1S/C18H19N3O3S.2HI.H2O/c1-21(16-4-2-3-9-19-16)10-11-24-14-7-5-13(6-8-14)12-15-17(22)20-18(23)25-15;;;/h2-9,15H,10-12H2,1H3,(H,20,22,23);2*1H;1H2. The molecule has 1 saturated heterocycles. The van der Waals surface area contributed by atoms with Gasteiger partial charge in [-0.2, -0.15) is 0 Å². The van der Waals surface area contributed by atoms with Crippen LogP contribution in [-0.2, 0) is 11.2 Å². The largest absolute Gasteiger partial charge is 0.492 e. The van der Waals surface area contributed by atoms with E-state index in [1.54, 1.807) is 6.20 Å². The molecular formula is C18H23I2N3O4S. The van der Waals surface area contributed by atoms with Crippen molar-refractivity contribution < 1.29 is 19.8 Å². The first kappa shape index (κ1) is 26.9. The van der Waals surface area contributed by atoms with Crippen LogP contribution in [0.25, 0.3) is 0 Å². The topological polar surface area (TPSA) is 103 Å². The van der Waals surface area contributed by atoms with E-state index in [2.05, 4.69) is 10.3 Å². The van der Waals surface area contributed by atoms with Crippen molar-refractivity contribution in [2.24, 2.45) is 0 Å². The third-order valence-corrected chi connectivity index (χ3v) is 4.83. The number of pyridine rings is 1. The average molecular weight is 631 g/mol. The maximum absolute atomic E-state index is 11.6. The minimum absolute atomic E-state index is 0. The van der Waals surface area contributed by atoms with Crippen LogP contribution in [0.4, 0.5) is 10.6 Å². The SMILES string of the molecule is CN(CCOc1ccc(CC2SC(=O)NC2=O)cc1)c1ccccn1.I.I.O. The highest BCUT2D eigenvalue weighted by Crippen LogP contribution is 2.23. The van der Waals surface area contributed by atoms with Crippen molar-refractivity contribution in [2.45, 2.75) is 11.7 Å². The van der Waals surface area contributed by atoms with Gasteiger partial charge >= 0.3 is 0 Å². The van der Waals surface area contributed by atoms with Gasteiger partial charge in [-0.1, -0.05) is 30.0 Å². The van der Waals surface area contributed by atoms with Crippen LogP contribution in [-0.4, -0.2) is 47.1 Å². The van der Waals surface area contributed by atoms with E-state index in [9.17, 15) is 9.59 Å². The highest BCUT2D eigenvalue weighted by atomic mass is 127. The highest BCUT2D eigenvalue weighted by molar-refractivity contribution is 14.0. The van der Waals surface area contributed by atoms with E-state index in [0.29, 0.717) is 13.0 Å². The van der Waals surface area contributed by atoms with Crippen molar-refractivity contribution in [1.82, 2.24) is 10.3 Å². The number of halogens is 2. The van der Waals surface area contributed by atoms with Gasteiger partial charge in [0.2, 0.25) is 5.91 Å². The molecule has 154 valence electrons. The van der Waals surface area contributed by atoms with Gasteiger partial charge in [-0.25, -0.2) is 4.98 Å². The Labute approximate surface area is 202 Å². The van der Waals surface area contributed by atoms with Gasteiger partial charge < -0.3 is 15.1 Å². The smallest absolute Gasteiger partial charge is 0.286 e. The number of anilines is 1. The fourth-order valence-electron chi connectivity index (χ4n) is 2.46. The molecule has 1 aromatic heterocycles. The van der Waals surface area contributed by atoms with Crippen LogP contribution in [0.5, 0.6) is 5.75 Å². The molecule has 1 aliphatic rings. The van der Waals surface area contributed by atoms with Gasteiger partial charge in [-0.15, -0.1) is 48.0 Å². The molecule has 0 aliphatic carbocycles. The summed E-state index contributed by atoms with van der Waals surface area (Å²) in [4.78, 5) is 29.1. The Balaban J connectivity index is 0.00000243. The summed E-state index contributed by atoms with van der Waals surface area (Å²) in [6.45, 7) is 1.27. The van der Waals surface area contributed by atoms with Crippen molar-refractivity contribution >= 4 is 76.7 Å². The first-order valence-corrected chi connectivity index (χ1v) is 8.85. The van der Waals surface area contributed by atoms with E-state index in [0.717, 1.165) is 35.4 Å². The lowest BCUT2D eigenvalue weighted by molar-refractivity contribution is -0.118. The molecule has 0 bridgehead atoms. The van der Waals surface area contributed by atoms with Gasteiger partial charge in [0.1, 0.15) is 18.2 Å². The first-order chi connectivity index (χ1) is 12.1. The second-order valence-electron chi connectivity index (χ2n) is 5.69. The van der Waals surface area contributed by atoms with Crippen LogP contribution in [0.2, 0.25) is 0 Å². The zero-order valence-corrected chi connectivity index (χ0v) is 20.6. The predicted molar refractivity (Wildman–Crippen MR) is 133 cm³/mol. The average Bonchev–Trinajstić information content (AvgIpc) is 2.94. The van der Waals surface area contributed by atoms with Gasteiger partial charge in [-0.05, 0) is 36.2 Å². The Morgan fingerprint density at radius 2 is 1.86 bits per heavy atom. The van der Waals surface area contributed by atoms with Crippen molar-refractivity contribution in [2.75, 3.05) is 25.1 Å². The minimum Gasteiger partial charge on any atom is -0.492 e. The summed E-state index contributed by atoms with van der Waals surface area (Å²) in [5.41, 5.74) is 1.00. The lowest BCUT2D eigenvalue weighted by atomic mass is 10.1. The summed E-state index contributed by atoms with van der Waals surface area (Å²) in [5, 5.41) is 1.69. The normalized spacial score (nSPS) is 14.8. The number of nitrogens with one attached hydrogen (secondary N) is 1. The molecule has 2 amide bonds. The number of ether oxygens (including phenoxy) is 1. The Morgan fingerprint density at radius 1 is 1.14 bits per heavy atom. The molecule has 3 N–H and O–H groups in total. The molecule has 1 fully saturated rings. The second-order valence-corrected chi connectivity index (χ2v) is 6.86. The molecule has 0 saturated carbocycles. The van der Waals surface area contributed by atoms with Gasteiger partial charge in [-0.3, -0.25) is 14.9 Å². The maximum atomic E-state index is 11.6. The van der Waals surface area contributed by atoms with Crippen molar-refractivity contribution in [3.63, 3.8) is 0 Å². The number of amides is 2. The molecule has 2 aromatic rings. The summed E-state index contributed by atoms with van der Waals surface area (Å²) in [6, 6.07) is 13.4. The Bertz CT molecular complexity index is 750. The van der Waals surface area contributed by atoms with Crippen LogP contribution in [0, 0.1) is 0 Å². The number of hydrogen-bond donors (Lipinski definition) is 1. The zero-order chi connectivity index (χ0) is 17.6.